The van der Waals surface area contributed by atoms with Crippen LogP contribution in [0.5, 0.6) is 0 Å². The van der Waals surface area contributed by atoms with Crippen molar-refractivity contribution in [2.45, 2.75) is 38.3 Å². The SMILES string of the molecule is CC1COC2(CCN(Cc3cccc(F)c3)CC2)C1. The molecular formula is C16H22FNO. The van der Waals surface area contributed by atoms with Gasteiger partial charge >= 0.3 is 0 Å². The Morgan fingerprint density at radius 2 is 2.16 bits per heavy atom. The summed E-state index contributed by atoms with van der Waals surface area (Å²) >= 11 is 0. The van der Waals surface area contributed by atoms with E-state index in [1.165, 1.54) is 12.5 Å². The molecule has 1 atom stereocenters. The molecule has 0 saturated carbocycles. The summed E-state index contributed by atoms with van der Waals surface area (Å²) in [5.41, 5.74) is 1.22. The minimum absolute atomic E-state index is 0.140. The third-order valence-corrected chi connectivity index (χ3v) is 4.46. The molecule has 2 heterocycles. The molecular weight excluding hydrogens is 241 g/mol. The topological polar surface area (TPSA) is 12.5 Å². The molecule has 1 aromatic rings. The molecule has 0 radical (unpaired) electrons. The van der Waals surface area contributed by atoms with Gasteiger partial charge in [0.1, 0.15) is 5.82 Å². The summed E-state index contributed by atoms with van der Waals surface area (Å²) in [7, 11) is 0. The summed E-state index contributed by atoms with van der Waals surface area (Å²) in [6.07, 6.45) is 3.44. The highest BCUT2D eigenvalue weighted by atomic mass is 19.1. The summed E-state index contributed by atoms with van der Waals surface area (Å²) in [4.78, 5) is 2.41. The fraction of sp³-hybridized carbons (Fsp3) is 0.625. The summed E-state index contributed by atoms with van der Waals surface area (Å²) in [6, 6.07) is 6.93. The first-order chi connectivity index (χ1) is 9.15. The van der Waals surface area contributed by atoms with Crippen LogP contribution in [0.2, 0.25) is 0 Å². The lowest BCUT2D eigenvalue weighted by molar-refractivity contribution is -0.0450. The quantitative estimate of drug-likeness (QED) is 0.812. The molecule has 2 nitrogen and oxygen atoms in total. The summed E-state index contributed by atoms with van der Waals surface area (Å²) < 4.78 is 19.2. The van der Waals surface area contributed by atoms with Crippen LogP contribution in [-0.4, -0.2) is 30.2 Å². The van der Waals surface area contributed by atoms with Gasteiger partial charge in [-0.3, -0.25) is 4.90 Å². The van der Waals surface area contributed by atoms with E-state index in [-0.39, 0.29) is 11.4 Å². The first kappa shape index (κ1) is 13.1. The van der Waals surface area contributed by atoms with E-state index in [4.69, 9.17) is 4.74 Å². The van der Waals surface area contributed by atoms with Crippen LogP contribution in [0.15, 0.2) is 24.3 Å². The second-order valence-electron chi connectivity index (χ2n) is 6.21. The van der Waals surface area contributed by atoms with E-state index in [1.54, 1.807) is 12.1 Å². The minimum Gasteiger partial charge on any atom is -0.375 e. The van der Waals surface area contributed by atoms with Crippen molar-refractivity contribution < 1.29 is 9.13 Å². The number of halogens is 1. The number of ether oxygens (including phenoxy) is 1. The largest absolute Gasteiger partial charge is 0.375 e. The van der Waals surface area contributed by atoms with Crippen molar-refractivity contribution in [1.82, 2.24) is 4.90 Å². The van der Waals surface area contributed by atoms with Gasteiger partial charge in [0, 0.05) is 26.2 Å². The normalized spacial score (nSPS) is 26.9. The molecule has 3 rings (SSSR count). The monoisotopic (exact) mass is 263 g/mol. The van der Waals surface area contributed by atoms with Gasteiger partial charge in [0.15, 0.2) is 0 Å². The van der Waals surface area contributed by atoms with Crippen molar-refractivity contribution in [3.63, 3.8) is 0 Å². The van der Waals surface area contributed by atoms with E-state index in [2.05, 4.69) is 11.8 Å². The molecule has 1 spiro atoms. The maximum atomic E-state index is 13.2. The molecule has 0 aliphatic carbocycles. The predicted octanol–water partition coefficient (Wildman–Crippen LogP) is 3.22. The number of nitrogens with zero attached hydrogens (tertiary/aromatic N) is 1. The lowest BCUT2D eigenvalue weighted by Gasteiger charge is -2.38. The average molecular weight is 263 g/mol. The van der Waals surface area contributed by atoms with Gasteiger partial charge in [-0.15, -0.1) is 0 Å². The highest BCUT2D eigenvalue weighted by molar-refractivity contribution is 5.16. The Morgan fingerprint density at radius 1 is 1.37 bits per heavy atom. The van der Waals surface area contributed by atoms with Crippen molar-refractivity contribution in [1.29, 1.82) is 0 Å². The molecule has 104 valence electrons. The maximum Gasteiger partial charge on any atom is 0.123 e. The number of hydrogen-bond donors (Lipinski definition) is 0. The lowest BCUT2D eigenvalue weighted by atomic mass is 9.86. The zero-order chi connectivity index (χ0) is 13.3. The van der Waals surface area contributed by atoms with Gasteiger partial charge < -0.3 is 4.74 Å². The molecule has 2 aliphatic heterocycles. The van der Waals surface area contributed by atoms with Crippen molar-refractivity contribution in [3.8, 4) is 0 Å². The van der Waals surface area contributed by atoms with Crippen LogP contribution in [0.1, 0.15) is 31.7 Å². The second kappa shape index (κ2) is 5.22. The third-order valence-electron chi connectivity index (χ3n) is 4.46. The van der Waals surface area contributed by atoms with Crippen molar-refractivity contribution in [3.05, 3.63) is 35.6 Å². The van der Waals surface area contributed by atoms with E-state index in [9.17, 15) is 4.39 Å². The highest BCUT2D eigenvalue weighted by Crippen LogP contribution is 2.38. The first-order valence-corrected chi connectivity index (χ1v) is 7.26. The number of likely N-dealkylation sites (tertiary alicyclic amines) is 1. The van der Waals surface area contributed by atoms with Crippen LogP contribution >= 0.6 is 0 Å². The molecule has 0 N–H and O–H groups in total. The van der Waals surface area contributed by atoms with Gasteiger partial charge in [-0.1, -0.05) is 19.1 Å². The van der Waals surface area contributed by atoms with Gasteiger partial charge in [0.05, 0.1) is 5.60 Å². The molecule has 3 heteroatoms. The van der Waals surface area contributed by atoms with E-state index >= 15 is 0 Å². The van der Waals surface area contributed by atoms with E-state index in [0.717, 1.165) is 44.6 Å². The molecule has 2 fully saturated rings. The van der Waals surface area contributed by atoms with E-state index in [1.807, 2.05) is 6.07 Å². The Labute approximate surface area is 114 Å². The van der Waals surface area contributed by atoms with Crippen molar-refractivity contribution in [2.24, 2.45) is 5.92 Å². The molecule has 19 heavy (non-hydrogen) atoms. The molecule has 2 aliphatic rings. The van der Waals surface area contributed by atoms with Gasteiger partial charge in [0.25, 0.3) is 0 Å². The number of benzene rings is 1. The Balaban J connectivity index is 1.56. The predicted molar refractivity (Wildman–Crippen MR) is 73.4 cm³/mol. The summed E-state index contributed by atoms with van der Waals surface area (Å²) in [5.74, 6) is 0.564. The minimum atomic E-state index is -0.140. The van der Waals surface area contributed by atoms with Crippen molar-refractivity contribution in [2.75, 3.05) is 19.7 Å². The Kier molecular flexibility index (Phi) is 3.59. The standard InChI is InChI=1S/C16H22FNO/c1-13-10-16(19-12-13)5-7-18(8-6-16)11-14-3-2-4-15(17)9-14/h2-4,9,13H,5-8,10-12H2,1H3. The van der Waals surface area contributed by atoms with Gasteiger partial charge in [0.2, 0.25) is 0 Å². The van der Waals surface area contributed by atoms with Crippen LogP contribution < -0.4 is 0 Å². The number of hydrogen-bond acceptors (Lipinski definition) is 2. The third kappa shape index (κ3) is 2.98. The Bertz CT molecular complexity index is 440. The first-order valence-electron chi connectivity index (χ1n) is 7.26. The van der Waals surface area contributed by atoms with Crippen LogP contribution in [-0.2, 0) is 11.3 Å². The van der Waals surface area contributed by atoms with Crippen LogP contribution in [0.4, 0.5) is 4.39 Å². The smallest absolute Gasteiger partial charge is 0.123 e. The molecule has 0 amide bonds. The summed E-state index contributed by atoms with van der Waals surface area (Å²) in [6.45, 7) is 6.16. The highest BCUT2D eigenvalue weighted by Gasteiger charge is 2.40. The molecule has 0 aromatic heterocycles. The Morgan fingerprint density at radius 3 is 2.79 bits per heavy atom. The zero-order valence-corrected chi connectivity index (χ0v) is 11.6. The lowest BCUT2D eigenvalue weighted by Crippen LogP contribution is -2.43. The molecule has 2 saturated heterocycles. The zero-order valence-electron chi connectivity index (χ0n) is 11.6. The number of rotatable bonds is 2. The van der Waals surface area contributed by atoms with Gasteiger partial charge in [-0.2, -0.15) is 0 Å². The second-order valence-corrected chi connectivity index (χ2v) is 6.21. The van der Waals surface area contributed by atoms with Gasteiger partial charge in [-0.05, 0) is 42.9 Å². The summed E-state index contributed by atoms with van der Waals surface area (Å²) in [5, 5.41) is 0. The van der Waals surface area contributed by atoms with E-state index in [0.29, 0.717) is 5.92 Å². The molecule has 0 bridgehead atoms. The van der Waals surface area contributed by atoms with Crippen molar-refractivity contribution >= 4 is 0 Å². The Hall–Kier alpha value is -0.930. The average Bonchev–Trinajstić information content (AvgIpc) is 2.74. The fourth-order valence-corrected chi connectivity index (χ4v) is 3.43. The van der Waals surface area contributed by atoms with Gasteiger partial charge in [-0.25, -0.2) is 4.39 Å². The number of piperidine rings is 1. The fourth-order valence-electron chi connectivity index (χ4n) is 3.43. The van der Waals surface area contributed by atoms with Crippen LogP contribution in [0.25, 0.3) is 0 Å². The molecule has 1 unspecified atom stereocenters. The molecule has 1 aromatic carbocycles. The van der Waals surface area contributed by atoms with Crippen LogP contribution in [0, 0.1) is 11.7 Å². The van der Waals surface area contributed by atoms with Crippen LogP contribution in [0.3, 0.4) is 0 Å². The maximum absolute atomic E-state index is 13.2. The van der Waals surface area contributed by atoms with E-state index < -0.39 is 0 Å².